The summed E-state index contributed by atoms with van der Waals surface area (Å²) in [6, 6.07) is 11.2. The van der Waals surface area contributed by atoms with Gasteiger partial charge in [-0.1, -0.05) is 5.16 Å². The van der Waals surface area contributed by atoms with Gasteiger partial charge in [0.2, 0.25) is 5.82 Å². The molecule has 3 heterocycles. The Morgan fingerprint density at radius 2 is 2.00 bits per heavy atom. The number of nitrogens with zero attached hydrogens (tertiary/aromatic N) is 3. The molecule has 3 aromatic rings. The molecule has 1 unspecified atom stereocenters. The summed E-state index contributed by atoms with van der Waals surface area (Å²) >= 11 is 0. The fourth-order valence-corrected chi connectivity index (χ4v) is 2.47. The van der Waals surface area contributed by atoms with E-state index >= 15 is 0 Å². The smallest absolute Gasteiger partial charge is 0.258 e. The van der Waals surface area contributed by atoms with Crippen LogP contribution in [0, 0.1) is 0 Å². The van der Waals surface area contributed by atoms with Crippen LogP contribution >= 0.6 is 0 Å². The maximum atomic E-state index is 5.71. The Labute approximate surface area is 133 Å². The summed E-state index contributed by atoms with van der Waals surface area (Å²) in [5.74, 6) is 2.52. The highest BCUT2D eigenvalue weighted by Gasteiger charge is 2.23. The first-order valence-corrected chi connectivity index (χ1v) is 7.52. The number of aromatic nitrogens is 3. The van der Waals surface area contributed by atoms with E-state index in [0.717, 1.165) is 30.8 Å². The third-order valence-corrected chi connectivity index (χ3v) is 3.63. The van der Waals surface area contributed by atoms with Crippen molar-refractivity contribution < 1.29 is 14.0 Å². The number of ether oxygens (including phenoxy) is 2. The van der Waals surface area contributed by atoms with E-state index in [9.17, 15) is 0 Å². The van der Waals surface area contributed by atoms with Crippen molar-refractivity contribution in [2.45, 2.75) is 18.9 Å². The second kappa shape index (κ2) is 6.18. The van der Waals surface area contributed by atoms with Gasteiger partial charge in [0.05, 0.1) is 6.20 Å². The molecular formula is C17H15N3O3. The van der Waals surface area contributed by atoms with E-state index in [1.807, 2.05) is 36.4 Å². The van der Waals surface area contributed by atoms with Gasteiger partial charge in [0, 0.05) is 18.4 Å². The zero-order chi connectivity index (χ0) is 15.5. The van der Waals surface area contributed by atoms with Crippen molar-refractivity contribution in [1.82, 2.24) is 15.1 Å². The molecule has 116 valence electrons. The number of hydrogen-bond acceptors (Lipinski definition) is 6. The Morgan fingerprint density at radius 3 is 2.74 bits per heavy atom. The Kier molecular flexibility index (Phi) is 3.73. The first kappa shape index (κ1) is 13.9. The van der Waals surface area contributed by atoms with Gasteiger partial charge in [-0.25, -0.2) is 0 Å². The summed E-state index contributed by atoms with van der Waals surface area (Å²) in [5.41, 5.74) is 0.847. The van der Waals surface area contributed by atoms with Crippen LogP contribution in [0.3, 0.4) is 0 Å². The molecule has 0 spiro atoms. The zero-order valence-electron chi connectivity index (χ0n) is 12.4. The molecule has 23 heavy (non-hydrogen) atoms. The summed E-state index contributed by atoms with van der Waals surface area (Å²) in [6.07, 6.45) is 5.31. The van der Waals surface area contributed by atoms with Crippen LogP contribution in [0.25, 0.3) is 11.5 Å². The maximum absolute atomic E-state index is 5.71. The van der Waals surface area contributed by atoms with Gasteiger partial charge in [-0.2, -0.15) is 4.98 Å². The highest BCUT2D eigenvalue weighted by Crippen LogP contribution is 2.29. The van der Waals surface area contributed by atoms with Gasteiger partial charge >= 0.3 is 0 Å². The van der Waals surface area contributed by atoms with Crippen LogP contribution < -0.4 is 4.74 Å². The van der Waals surface area contributed by atoms with Crippen molar-refractivity contribution in [1.29, 1.82) is 0 Å². The normalized spacial score (nSPS) is 17.3. The third-order valence-electron chi connectivity index (χ3n) is 3.63. The number of pyridine rings is 1. The number of rotatable bonds is 4. The van der Waals surface area contributed by atoms with E-state index < -0.39 is 0 Å². The molecule has 0 saturated carbocycles. The fourth-order valence-electron chi connectivity index (χ4n) is 2.47. The molecule has 4 rings (SSSR count). The molecule has 6 heteroatoms. The largest absolute Gasteiger partial charge is 0.456 e. The number of hydrogen-bond donors (Lipinski definition) is 0. The predicted octanol–water partition coefficient (Wildman–Crippen LogP) is 3.78. The summed E-state index contributed by atoms with van der Waals surface area (Å²) in [4.78, 5) is 8.44. The second-order valence-corrected chi connectivity index (χ2v) is 5.27. The summed E-state index contributed by atoms with van der Waals surface area (Å²) in [7, 11) is 0. The van der Waals surface area contributed by atoms with Gasteiger partial charge in [-0.15, -0.1) is 0 Å². The highest BCUT2D eigenvalue weighted by atomic mass is 16.5. The van der Waals surface area contributed by atoms with Crippen molar-refractivity contribution in [3.63, 3.8) is 0 Å². The van der Waals surface area contributed by atoms with Gasteiger partial charge < -0.3 is 14.0 Å². The lowest BCUT2D eigenvalue weighted by Crippen LogP contribution is -1.97. The third kappa shape index (κ3) is 3.07. The lowest BCUT2D eigenvalue weighted by atomic mass is 10.2. The molecular weight excluding hydrogens is 294 g/mol. The van der Waals surface area contributed by atoms with Crippen molar-refractivity contribution in [3.8, 4) is 23.0 Å². The monoisotopic (exact) mass is 309 g/mol. The van der Waals surface area contributed by atoms with Crippen molar-refractivity contribution in [2.24, 2.45) is 0 Å². The van der Waals surface area contributed by atoms with E-state index in [2.05, 4.69) is 15.1 Å². The molecule has 0 amide bonds. The van der Waals surface area contributed by atoms with E-state index in [4.69, 9.17) is 14.0 Å². The van der Waals surface area contributed by atoms with Gasteiger partial charge in [0.15, 0.2) is 0 Å². The quantitative estimate of drug-likeness (QED) is 0.730. The molecule has 0 bridgehead atoms. The first-order chi connectivity index (χ1) is 11.4. The van der Waals surface area contributed by atoms with Crippen LogP contribution in [0.1, 0.15) is 24.8 Å². The van der Waals surface area contributed by atoms with Crippen molar-refractivity contribution in [2.75, 3.05) is 6.61 Å². The molecule has 1 aliphatic heterocycles. The molecule has 1 atom stereocenters. The Balaban J connectivity index is 1.49. The van der Waals surface area contributed by atoms with E-state index in [1.54, 1.807) is 12.4 Å². The molecule has 1 fully saturated rings. The molecule has 0 N–H and O–H groups in total. The molecule has 1 aromatic carbocycles. The zero-order valence-corrected chi connectivity index (χ0v) is 12.4. The van der Waals surface area contributed by atoms with Crippen LogP contribution in [0.15, 0.2) is 53.3 Å². The SMILES string of the molecule is c1cncc(Oc2ccc(-c3nc(C4CCCO4)no3)cc2)c1. The van der Waals surface area contributed by atoms with Crippen LogP contribution in [0.4, 0.5) is 0 Å². The maximum Gasteiger partial charge on any atom is 0.258 e. The number of benzene rings is 1. The van der Waals surface area contributed by atoms with E-state index in [1.165, 1.54) is 0 Å². The molecule has 1 saturated heterocycles. The van der Waals surface area contributed by atoms with Crippen LogP contribution in [-0.4, -0.2) is 21.7 Å². The first-order valence-electron chi connectivity index (χ1n) is 7.52. The minimum atomic E-state index is -0.0410. The Hall–Kier alpha value is -2.73. The predicted molar refractivity (Wildman–Crippen MR) is 82.0 cm³/mol. The Bertz CT molecular complexity index is 765. The van der Waals surface area contributed by atoms with Gasteiger partial charge in [-0.3, -0.25) is 4.98 Å². The summed E-state index contributed by atoms with van der Waals surface area (Å²) < 4.78 is 16.6. The summed E-state index contributed by atoms with van der Waals surface area (Å²) in [5, 5.41) is 4.01. The highest BCUT2D eigenvalue weighted by molar-refractivity contribution is 5.54. The van der Waals surface area contributed by atoms with Crippen molar-refractivity contribution >= 4 is 0 Å². The second-order valence-electron chi connectivity index (χ2n) is 5.27. The molecule has 6 nitrogen and oxygen atoms in total. The lowest BCUT2D eigenvalue weighted by Gasteiger charge is -2.04. The molecule has 0 aliphatic carbocycles. The van der Waals surface area contributed by atoms with Crippen molar-refractivity contribution in [3.05, 3.63) is 54.6 Å². The minimum Gasteiger partial charge on any atom is -0.456 e. The van der Waals surface area contributed by atoms with Gasteiger partial charge in [0.25, 0.3) is 5.89 Å². The van der Waals surface area contributed by atoms with E-state index in [0.29, 0.717) is 17.5 Å². The summed E-state index contributed by atoms with van der Waals surface area (Å²) in [6.45, 7) is 0.759. The molecule has 1 aliphatic rings. The van der Waals surface area contributed by atoms with Crippen LogP contribution in [0.2, 0.25) is 0 Å². The lowest BCUT2D eigenvalue weighted by molar-refractivity contribution is 0.103. The standard InChI is InChI=1S/C17H15N3O3/c1-3-14(11-18-9-1)22-13-7-5-12(6-8-13)17-19-16(20-23-17)15-4-2-10-21-15/h1,3,5-9,11,15H,2,4,10H2. The minimum absolute atomic E-state index is 0.0410. The average molecular weight is 309 g/mol. The molecule has 0 radical (unpaired) electrons. The van der Waals surface area contributed by atoms with E-state index in [-0.39, 0.29) is 6.10 Å². The van der Waals surface area contributed by atoms with Crippen LogP contribution in [-0.2, 0) is 4.74 Å². The fraction of sp³-hybridized carbons (Fsp3) is 0.235. The average Bonchev–Trinajstić information content (AvgIpc) is 3.28. The Morgan fingerprint density at radius 1 is 1.09 bits per heavy atom. The van der Waals surface area contributed by atoms with Gasteiger partial charge in [0.1, 0.15) is 17.6 Å². The molecule has 2 aromatic heterocycles. The topological polar surface area (TPSA) is 70.3 Å². The van der Waals surface area contributed by atoms with Gasteiger partial charge in [-0.05, 0) is 49.2 Å². The van der Waals surface area contributed by atoms with Crippen LogP contribution in [0.5, 0.6) is 11.5 Å².